The first-order valence-corrected chi connectivity index (χ1v) is 7.59. The number of rotatable bonds is 5. The van der Waals surface area contributed by atoms with Crippen molar-refractivity contribution in [3.05, 3.63) is 33.6 Å². The van der Waals surface area contributed by atoms with Crippen LogP contribution in [0.1, 0.15) is 24.4 Å². The molecule has 6 heteroatoms. The van der Waals surface area contributed by atoms with E-state index < -0.39 is 5.82 Å². The summed E-state index contributed by atoms with van der Waals surface area (Å²) < 4.78 is 14.4. The molecule has 1 saturated heterocycles. The van der Waals surface area contributed by atoms with E-state index in [1.165, 1.54) is 6.07 Å². The van der Waals surface area contributed by atoms with Gasteiger partial charge in [0.25, 0.3) is 0 Å². The van der Waals surface area contributed by atoms with E-state index in [0.717, 1.165) is 26.2 Å². The molecule has 1 aliphatic rings. The fraction of sp³-hybridized carbons (Fsp3) is 0.571. The molecule has 1 fully saturated rings. The molecule has 0 spiro atoms. The molecule has 1 atom stereocenters. The Morgan fingerprint density at radius 2 is 1.90 bits per heavy atom. The van der Waals surface area contributed by atoms with Crippen molar-refractivity contribution in [3.8, 4) is 0 Å². The van der Waals surface area contributed by atoms with Crippen LogP contribution in [0.4, 0.5) is 4.39 Å². The van der Waals surface area contributed by atoms with E-state index >= 15 is 0 Å². The molecular weight excluding hydrogens is 302 g/mol. The summed E-state index contributed by atoms with van der Waals surface area (Å²) in [7, 11) is 0. The molecule has 112 valence electrons. The highest BCUT2D eigenvalue weighted by Gasteiger charge is 2.27. The predicted molar refractivity (Wildman–Crippen MR) is 79.9 cm³/mol. The van der Waals surface area contributed by atoms with E-state index in [4.69, 9.17) is 28.3 Å². The van der Waals surface area contributed by atoms with E-state index in [1.54, 1.807) is 6.07 Å². The smallest absolute Gasteiger partial charge is 0.148 e. The van der Waals surface area contributed by atoms with Crippen molar-refractivity contribution >= 4 is 23.2 Å². The van der Waals surface area contributed by atoms with Crippen molar-refractivity contribution in [2.45, 2.75) is 18.9 Å². The van der Waals surface area contributed by atoms with Crippen molar-refractivity contribution in [2.75, 3.05) is 32.8 Å². The molecule has 0 bridgehead atoms. The van der Waals surface area contributed by atoms with Gasteiger partial charge in [-0.2, -0.15) is 0 Å². The first-order valence-electron chi connectivity index (χ1n) is 6.84. The second kappa shape index (κ2) is 7.57. The third kappa shape index (κ3) is 3.62. The second-order valence-electron chi connectivity index (χ2n) is 4.92. The summed E-state index contributed by atoms with van der Waals surface area (Å²) >= 11 is 12.1. The molecule has 20 heavy (non-hydrogen) atoms. The Bertz CT molecular complexity index is 453. The minimum atomic E-state index is -0.444. The van der Waals surface area contributed by atoms with Gasteiger partial charge in [0.1, 0.15) is 5.82 Å². The standard InChI is InChI=1S/C14H19Cl2FN2O/c15-10-3-4-11(16)14(17)13(10)12(2-1-9-20)19-7-5-18-6-8-19/h3-4,12,18,20H,1-2,5-9H2/t12-/m0/s1. The molecule has 1 aliphatic heterocycles. The van der Waals surface area contributed by atoms with Crippen LogP contribution in [0.25, 0.3) is 0 Å². The number of benzene rings is 1. The lowest BCUT2D eigenvalue weighted by molar-refractivity contribution is 0.152. The fourth-order valence-electron chi connectivity index (χ4n) is 2.64. The van der Waals surface area contributed by atoms with Crippen LogP contribution in [0, 0.1) is 5.82 Å². The topological polar surface area (TPSA) is 35.5 Å². The Kier molecular flexibility index (Phi) is 6.05. The van der Waals surface area contributed by atoms with Gasteiger partial charge in [-0.1, -0.05) is 23.2 Å². The first-order chi connectivity index (χ1) is 9.65. The maximum Gasteiger partial charge on any atom is 0.148 e. The zero-order chi connectivity index (χ0) is 14.5. The zero-order valence-electron chi connectivity index (χ0n) is 11.2. The number of halogens is 3. The molecule has 0 aliphatic carbocycles. The van der Waals surface area contributed by atoms with Crippen LogP contribution in [0.5, 0.6) is 0 Å². The predicted octanol–water partition coefficient (Wildman–Crippen LogP) is 2.85. The monoisotopic (exact) mass is 320 g/mol. The van der Waals surface area contributed by atoms with Gasteiger partial charge in [-0.25, -0.2) is 4.39 Å². The Morgan fingerprint density at radius 1 is 1.25 bits per heavy atom. The number of hydrogen-bond donors (Lipinski definition) is 2. The summed E-state index contributed by atoms with van der Waals surface area (Å²) in [4.78, 5) is 2.20. The lowest BCUT2D eigenvalue weighted by Gasteiger charge is -2.36. The van der Waals surface area contributed by atoms with Gasteiger partial charge in [-0.15, -0.1) is 0 Å². The van der Waals surface area contributed by atoms with Gasteiger partial charge in [0.05, 0.1) is 5.02 Å². The number of piperazine rings is 1. The minimum absolute atomic E-state index is 0.0857. The highest BCUT2D eigenvalue weighted by atomic mass is 35.5. The van der Waals surface area contributed by atoms with Gasteiger partial charge in [-0.3, -0.25) is 4.90 Å². The molecule has 2 N–H and O–H groups in total. The quantitative estimate of drug-likeness (QED) is 0.819. The van der Waals surface area contributed by atoms with Crippen LogP contribution in [0.3, 0.4) is 0 Å². The number of nitrogens with one attached hydrogen (secondary N) is 1. The first kappa shape index (κ1) is 16.0. The Hall–Kier alpha value is -0.390. The summed E-state index contributed by atoms with van der Waals surface area (Å²) in [5.74, 6) is -0.444. The SMILES string of the molecule is OCCC[C@@H](c1c(Cl)ccc(Cl)c1F)N1CCNCC1. The average Bonchev–Trinajstić information content (AvgIpc) is 2.47. The number of nitrogens with zero attached hydrogens (tertiary/aromatic N) is 1. The van der Waals surface area contributed by atoms with Crippen LogP contribution in [0.2, 0.25) is 10.0 Å². The lowest BCUT2D eigenvalue weighted by atomic mass is 9.99. The van der Waals surface area contributed by atoms with E-state index in [1.807, 2.05) is 0 Å². The van der Waals surface area contributed by atoms with E-state index in [9.17, 15) is 4.39 Å². The normalized spacial score (nSPS) is 18.2. The Morgan fingerprint density at radius 3 is 2.55 bits per heavy atom. The van der Waals surface area contributed by atoms with Gasteiger partial charge >= 0.3 is 0 Å². The van der Waals surface area contributed by atoms with Crippen LogP contribution in [-0.2, 0) is 0 Å². The third-order valence-corrected chi connectivity index (χ3v) is 4.26. The number of aliphatic hydroxyl groups excluding tert-OH is 1. The second-order valence-corrected chi connectivity index (χ2v) is 5.74. The van der Waals surface area contributed by atoms with Gasteiger partial charge in [0.2, 0.25) is 0 Å². The molecule has 0 aromatic heterocycles. The van der Waals surface area contributed by atoms with Gasteiger partial charge in [0.15, 0.2) is 0 Å². The molecule has 1 heterocycles. The summed E-state index contributed by atoms with van der Waals surface area (Å²) in [6.45, 7) is 3.49. The highest BCUT2D eigenvalue weighted by Crippen LogP contribution is 2.36. The summed E-state index contributed by atoms with van der Waals surface area (Å²) in [5, 5.41) is 12.8. The van der Waals surface area contributed by atoms with Crippen LogP contribution in [0.15, 0.2) is 12.1 Å². The van der Waals surface area contributed by atoms with Crippen molar-refractivity contribution < 1.29 is 9.50 Å². The molecule has 1 aromatic carbocycles. The molecular formula is C14H19Cl2FN2O. The van der Waals surface area contributed by atoms with Crippen LogP contribution >= 0.6 is 23.2 Å². The van der Waals surface area contributed by atoms with E-state index in [2.05, 4.69) is 10.2 Å². The molecule has 1 aromatic rings. The van der Waals surface area contributed by atoms with Crippen molar-refractivity contribution in [3.63, 3.8) is 0 Å². The van der Waals surface area contributed by atoms with Crippen LogP contribution in [-0.4, -0.2) is 42.8 Å². The van der Waals surface area contributed by atoms with Crippen molar-refractivity contribution in [1.29, 1.82) is 0 Å². The van der Waals surface area contributed by atoms with Crippen LogP contribution < -0.4 is 5.32 Å². The van der Waals surface area contributed by atoms with Crippen molar-refractivity contribution in [1.82, 2.24) is 10.2 Å². The third-order valence-electron chi connectivity index (χ3n) is 3.64. The summed E-state index contributed by atoms with van der Waals surface area (Å²) in [5.41, 5.74) is 0.453. The van der Waals surface area contributed by atoms with Gasteiger partial charge in [0, 0.05) is 49.4 Å². The fourth-order valence-corrected chi connectivity index (χ4v) is 3.07. The molecule has 2 rings (SSSR count). The maximum atomic E-state index is 14.4. The Balaban J connectivity index is 2.32. The average molecular weight is 321 g/mol. The Labute approximate surface area is 128 Å². The molecule has 0 radical (unpaired) electrons. The molecule has 0 unspecified atom stereocenters. The van der Waals surface area contributed by atoms with Crippen molar-refractivity contribution in [2.24, 2.45) is 0 Å². The molecule has 0 amide bonds. The lowest BCUT2D eigenvalue weighted by Crippen LogP contribution is -2.45. The molecule has 3 nitrogen and oxygen atoms in total. The number of hydrogen-bond acceptors (Lipinski definition) is 3. The maximum absolute atomic E-state index is 14.4. The van der Waals surface area contributed by atoms with Gasteiger partial charge in [-0.05, 0) is 25.0 Å². The summed E-state index contributed by atoms with van der Waals surface area (Å²) in [6, 6.07) is 2.97. The minimum Gasteiger partial charge on any atom is -0.396 e. The van der Waals surface area contributed by atoms with E-state index in [0.29, 0.717) is 23.4 Å². The largest absolute Gasteiger partial charge is 0.396 e. The van der Waals surface area contributed by atoms with Gasteiger partial charge < -0.3 is 10.4 Å². The van der Waals surface area contributed by atoms with E-state index in [-0.39, 0.29) is 17.7 Å². The summed E-state index contributed by atoms with van der Waals surface area (Å²) in [6.07, 6.45) is 1.27. The highest BCUT2D eigenvalue weighted by molar-refractivity contribution is 6.33. The zero-order valence-corrected chi connectivity index (χ0v) is 12.7. The number of aliphatic hydroxyl groups is 1. The molecule has 0 saturated carbocycles.